The van der Waals surface area contributed by atoms with Crippen molar-refractivity contribution in [3.05, 3.63) is 24.3 Å². The zero-order chi connectivity index (χ0) is 17.3. The van der Waals surface area contributed by atoms with Gasteiger partial charge >= 0.3 is 0 Å². The number of anilines is 2. The second kappa shape index (κ2) is 9.81. The maximum atomic E-state index is 12.2. The Hall–Kier alpha value is -1.55. The molecule has 1 saturated heterocycles. The molecule has 1 aliphatic carbocycles. The van der Waals surface area contributed by atoms with E-state index in [0.717, 1.165) is 18.8 Å². The summed E-state index contributed by atoms with van der Waals surface area (Å²) in [6, 6.07) is 9.03. The molecule has 3 N–H and O–H groups in total. The molecule has 4 nitrogen and oxygen atoms in total. The van der Waals surface area contributed by atoms with Crippen molar-refractivity contribution in [3.63, 3.8) is 0 Å². The summed E-state index contributed by atoms with van der Waals surface area (Å²) in [5.74, 6) is 0.117. The van der Waals surface area contributed by atoms with Crippen LogP contribution in [-0.2, 0) is 4.79 Å². The molecule has 1 heterocycles. The number of hydrogen-bond donors (Lipinski definition) is 2. The summed E-state index contributed by atoms with van der Waals surface area (Å²) in [5.41, 5.74) is 2.20. The van der Waals surface area contributed by atoms with Crippen molar-refractivity contribution in [1.82, 2.24) is 0 Å². The lowest BCUT2D eigenvalue weighted by Crippen LogP contribution is -2.91. The van der Waals surface area contributed by atoms with E-state index in [2.05, 4.69) is 27.7 Å². The van der Waals surface area contributed by atoms with Crippen LogP contribution in [0, 0.1) is 0 Å². The predicted octanol–water partition coefficient (Wildman–Crippen LogP) is 3.29. The summed E-state index contributed by atoms with van der Waals surface area (Å²) >= 11 is 0. The van der Waals surface area contributed by atoms with Gasteiger partial charge in [0.05, 0.1) is 6.04 Å². The molecule has 2 fully saturated rings. The Bertz CT molecular complexity index is 512. The van der Waals surface area contributed by atoms with E-state index in [-0.39, 0.29) is 5.91 Å². The Morgan fingerprint density at radius 2 is 1.52 bits per heavy atom. The van der Waals surface area contributed by atoms with E-state index in [4.69, 9.17) is 0 Å². The Kier molecular flexibility index (Phi) is 7.16. The minimum Gasteiger partial charge on any atom is -0.372 e. The van der Waals surface area contributed by atoms with Crippen molar-refractivity contribution < 1.29 is 10.1 Å². The van der Waals surface area contributed by atoms with E-state index >= 15 is 0 Å². The first-order chi connectivity index (χ1) is 12.3. The molecule has 0 radical (unpaired) electrons. The maximum absolute atomic E-state index is 12.2. The molecule has 25 heavy (non-hydrogen) atoms. The Labute approximate surface area is 152 Å². The van der Waals surface area contributed by atoms with Crippen LogP contribution in [0.25, 0.3) is 0 Å². The molecule has 1 amide bonds. The van der Waals surface area contributed by atoms with Crippen LogP contribution in [-0.4, -0.2) is 31.6 Å². The highest BCUT2D eigenvalue weighted by atomic mass is 16.1. The normalized spacial score (nSPS) is 19.9. The molecular formula is C21H34N3O+. The van der Waals surface area contributed by atoms with Crippen molar-refractivity contribution >= 4 is 17.3 Å². The Morgan fingerprint density at radius 3 is 2.16 bits per heavy atom. The summed E-state index contributed by atoms with van der Waals surface area (Å²) < 4.78 is 0. The first-order valence-corrected chi connectivity index (χ1v) is 10.3. The molecule has 1 saturated carbocycles. The largest absolute Gasteiger partial charge is 0.372 e. The van der Waals surface area contributed by atoms with Crippen LogP contribution in [0.15, 0.2) is 24.3 Å². The van der Waals surface area contributed by atoms with Crippen molar-refractivity contribution in [2.45, 2.75) is 70.3 Å². The van der Waals surface area contributed by atoms with Crippen LogP contribution in [0.1, 0.15) is 64.2 Å². The van der Waals surface area contributed by atoms with Gasteiger partial charge in [0.2, 0.25) is 0 Å². The lowest BCUT2D eigenvalue weighted by Gasteiger charge is -2.22. The lowest BCUT2D eigenvalue weighted by atomic mass is 10.1. The number of nitrogens with zero attached hydrogens (tertiary/aromatic N) is 1. The van der Waals surface area contributed by atoms with E-state index in [1.165, 1.54) is 69.9 Å². The summed E-state index contributed by atoms with van der Waals surface area (Å²) in [6.45, 7) is 2.85. The Balaban J connectivity index is 1.44. The average molecular weight is 345 g/mol. The number of carbonyl (C=O) groups excluding carboxylic acids is 1. The van der Waals surface area contributed by atoms with Gasteiger partial charge in [-0.3, -0.25) is 4.79 Å². The van der Waals surface area contributed by atoms with Gasteiger partial charge in [0, 0.05) is 24.5 Å². The van der Waals surface area contributed by atoms with E-state index in [9.17, 15) is 4.79 Å². The van der Waals surface area contributed by atoms with Gasteiger partial charge in [-0.25, -0.2) is 0 Å². The van der Waals surface area contributed by atoms with Gasteiger partial charge < -0.3 is 15.5 Å². The smallest absolute Gasteiger partial charge is 0.279 e. The van der Waals surface area contributed by atoms with E-state index in [1.807, 2.05) is 12.1 Å². The monoisotopic (exact) mass is 344 g/mol. The van der Waals surface area contributed by atoms with Gasteiger partial charge in [-0.05, 0) is 62.8 Å². The van der Waals surface area contributed by atoms with Gasteiger partial charge in [-0.1, -0.05) is 25.7 Å². The topological polar surface area (TPSA) is 49.0 Å². The number of quaternary nitrogens is 1. The molecule has 4 heteroatoms. The van der Waals surface area contributed by atoms with Crippen molar-refractivity contribution in [3.8, 4) is 0 Å². The molecule has 0 spiro atoms. The van der Waals surface area contributed by atoms with Gasteiger partial charge in [0.15, 0.2) is 6.54 Å². The number of carbonyl (C=O) groups is 1. The number of benzene rings is 1. The highest BCUT2D eigenvalue weighted by Gasteiger charge is 2.16. The summed E-state index contributed by atoms with van der Waals surface area (Å²) in [5, 5.41) is 5.29. The van der Waals surface area contributed by atoms with Crippen molar-refractivity contribution in [1.29, 1.82) is 0 Å². The van der Waals surface area contributed by atoms with Crippen LogP contribution in [0.2, 0.25) is 0 Å². The first-order valence-electron chi connectivity index (χ1n) is 10.3. The molecular weight excluding hydrogens is 310 g/mol. The fraction of sp³-hybridized carbons (Fsp3) is 0.667. The van der Waals surface area contributed by atoms with Crippen LogP contribution in [0.5, 0.6) is 0 Å². The molecule has 1 aliphatic heterocycles. The molecule has 0 atom stereocenters. The zero-order valence-electron chi connectivity index (χ0n) is 15.5. The SMILES string of the molecule is O=C(C[NH2+]C1CCCCCC1)Nc1ccc(N2CCCCCC2)cc1. The molecule has 2 aliphatic rings. The van der Waals surface area contributed by atoms with Crippen molar-refractivity contribution in [2.24, 2.45) is 0 Å². The third-order valence-electron chi connectivity index (χ3n) is 5.66. The van der Waals surface area contributed by atoms with Gasteiger partial charge in [0.25, 0.3) is 5.91 Å². The quantitative estimate of drug-likeness (QED) is 0.805. The van der Waals surface area contributed by atoms with Gasteiger partial charge in [-0.2, -0.15) is 0 Å². The number of nitrogens with one attached hydrogen (secondary N) is 1. The molecule has 0 unspecified atom stereocenters. The highest BCUT2D eigenvalue weighted by Crippen LogP contribution is 2.21. The zero-order valence-corrected chi connectivity index (χ0v) is 15.5. The molecule has 138 valence electrons. The summed E-state index contributed by atoms with van der Waals surface area (Å²) in [6.07, 6.45) is 13.2. The number of hydrogen-bond acceptors (Lipinski definition) is 2. The lowest BCUT2D eigenvalue weighted by molar-refractivity contribution is -0.680. The van der Waals surface area contributed by atoms with Crippen LogP contribution >= 0.6 is 0 Å². The fourth-order valence-electron chi connectivity index (χ4n) is 4.12. The van der Waals surface area contributed by atoms with Gasteiger partial charge in [-0.15, -0.1) is 0 Å². The average Bonchev–Trinajstić information content (AvgIpc) is 3.06. The Morgan fingerprint density at radius 1 is 0.920 bits per heavy atom. The summed E-state index contributed by atoms with van der Waals surface area (Å²) in [4.78, 5) is 14.7. The highest BCUT2D eigenvalue weighted by molar-refractivity contribution is 5.91. The first kappa shape index (κ1) is 18.2. The second-order valence-corrected chi connectivity index (χ2v) is 7.69. The maximum Gasteiger partial charge on any atom is 0.279 e. The molecule has 3 rings (SSSR count). The standard InChI is InChI=1S/C21H33N3O/c25-21(17-22-18-9-5-1-2-6-10-18)23-19-11-13-20(14-12-19)24-15-7-3-4-8-16-24/h11-14,18,22H,1-10,15-17H2,(H,23,25)/p+1. The molecule has 0 bridgehead atoms. The molecule has 1 aromatic carbocycles. The molecule has 0 aromatic heterocycles. The summed E-state index contributed by atoms with van der Waals surface area (Å²) in [7, 11) is 0. The van der Waals surface area contributed by atoms with Crippen LogP contribution in [0.4, 0.5) is 11.4 Å². The van der Waals surface area contributed by atoms with Crippen LogP contribution < -0.4 is 15.5 Å². The van der Waals surface area contributed by atoms with E-state index in [1.54, 1.807) is 0 Å². The predicted molar refractivity (Wildman–Crippen MR) is 104 cm³/mol. The number of nitrogens with two attached hydrogens (primary N) is 1. The van der Waals surface area contributed by atoms with Crippen molar-refractivity contribution in [2.75, 3.05) is 29.9 Å². The van der Waals surface area contributed by atoms with Crippen LogP contribution in [0.3, 0.4) is 0 Å². The second-order valence-electron chi connectivity index (χ2n) is 7.69. The number of amides is 1. The minimum absolute atomic E-state index is 0.117. The third-order valence-corrected chi connectivity index (χ3v) is 5.66. The third kappa shape index (κ3) is 6.03. The van der Waals surface area contributed by atoms with E-state index in [0.29, 0.717) is 12.6 Å². The molecule has 1 aromatic rings. The fourth-order valence-corrected chi connectivity index (χ4v) is 4.12. The van der Waals surface area contributed by atoms with E-state index < -0.39 is 0 Å². The van der Waals surface area contributed by atoms with Gasteiger partial charge in [0.1, 0.15) is 0 Å². The number of rotatable bonds is 5. The minimum atomic E-state index is 0.117.